The van der Waals surface area contributed by atoms with Gasteiger partial charge in [-0.2, -0.15) is 10.5 Å². The van der Waals surface area contributed by atoms with Crippen molar-refractivity contribution in [2.75, 3.05) is 19.6 Å². The fraction of sp³-hybridized carbons (Fsp3) is 0.750. The molecule has 1 fully saturated rings. The van der Waals surface area contributed by atoms with Gasteiger partial charge >= 0.3 is 0 Å². The predicted molar refractivity (Wildman–Crippen MR) is 62.6 cm³/mol. The second-order valence-corrected chi connectivity index (χ2v) is 4.99. The highest BCUT2D eigenvalue weighted by Crippen LogP contribution is 2.30. The van der Waals surface area contributed by atoms with E-state index in [1.807, 2.05) is 26.0 Å². The lowest BCUT2D eigenvalue weighted by Gasteiger charge is -2.40. The van der Waals surface area contributed by atoms with Crippen LogP contribution in [0.2, 0.25) is 0 Å². The van der Waals surface area contributed by atoms with Gasteiger partial charge in [-0.3, -0.25) is 4.79 Å². The smallest absolute Gasteiger partial charge is 0.241 e. The van der Waals surface area contributed by atoms with Crippen molar-refractivity contribution in [2.24, 2.45) is 5.41 Å². The normalized spacial score (nSPS) is 22.2. The highest BCUT2D eigenvalue weighted by Gasteiger charge is 2.39. The summed E-state index contributed by atoms with van der Waals surface area (Å²) >= 11 is 0. The number of hydrogen-bond donors (Lipinski definition) is 1. The average molecular weight is 234 g/mol. The van der Waals surface area contributed by atoms with Gasteiger partial charge in [-0.15, -0.1) is 0 Å². The van der Waals surface area contributed by atoms with Crippen molar-refractivity contribution < 1.29 is 4.79 Å². The number of carbonyl (C=O) groups excluding carboxylic acids is 1. The standard InChI is InChI=1S/C12H18N4O/c1-12(2)4-3-7-15-10(12)11(17)16(8-5-13)9-6-14/h10,15H,3-4,7-9H2,1-2H3. The highest BCUT2D eigenvalue weighted by atomic mass is 16.2. The minimum absolute atomic E-state index is 0.0271. The van der Waals surface area contributed by atoms with Crippen molar-refractivity contribution in [3.63, 3.8) is 0 Å². The van der Waals surface area contributed by atoms with E-state index in [9.17, 15) is 4.79 Å². The number of rotatable bonds is 3. The monoisotopic (exact) mass is 234 g/mol. The van der Waals surface area contributed by atoms with Crippen LogP contribution in [0.1, 0.15) is 26.7 Å². The minimum Gasteiger partial charge on any atom is -0.315 e. The van der Waals surface area contributed by atoms with Gasteiger partial charge < -0.3 is 10.2 Å². The average Bonchev–Trinajstić information content (AvgIpc) is 2.27. The zero-order valence-electron chi connectivity index (χ0n) is 10.4. The predicted octanol–water partition coefficient (Wildman–Crippen LogP) is 0.640. The fourth-order valence-electron chi connectivity index (χ4n) is 2.20. The van der Waals surface area contributed by atoms with Crippen LogP contribution in [0.5, 0.6) is 0 Å². The molecule has 0 aromatic rings. The first-order valence-corrected chi connectivity index (χ1v) is 5.79. The molecular weight excluding hydrogens is 216 g/mol. The van der Waals surface area contributed by atoms with Gasteiger partial charge in [0.2, 0.25) is 5.91 Å². The van der Waals surface area contributed by atoms with Gasteiger partial charge in [-0.25, -0.2) is 0 Å². The van der Waals surface area contributed by atoms with Gasteiger partial charge in [0.15, 0.2) is 0 Å². The zero-order chi connectivity index (χ0) is 12.9. The molecule has 1 amide bonds. The zero-order valence-corrected chi connectivity index (χ0v) is 10.4. The van der Waals surface area contributed by atoms with Crippen LogP contribution < -0.4 is 5.32 Å². The van der Waals surface area contributed by atoms with Gasteiger partial charge in [0, 0.05) is 0 Å². The van der Waals surface area contributed by atoms with E-state index >= 15 is 0 Å². The summed E-state index contributed by atoms with van der Waals surface area (Å²) in [5, 5.41) is 20.5. The van der Waals surface area contributed by atoms with E-state index in [-0.39, 0.29) is 30.5 Å². The third kappa shape index (κ3) is 3.18. The lowest BCUT2D eigenvalue weighted by Crippen LogP contribution is -2.56. The molecule has 1 N–H and O–H groups in total. The van der Waals surface area contributed by atoms with Crippen LogP contribution in [0.3, 0.4) is 0 Å². The summed E-state index contributed by atoms with van der Waals surface area (Å²) in [4.78, 5) is 13.6. The number of nitriles is 2. The second kappa shape index (κ2) is 5.65. The summed E-state index contributed by atoms with van der Waals surface area (Å²) in [6, 6.07) is 3.56. The Morgan fingerprint density at radius 2 is 2.00 bits per heavy atom. The summed E-state index contributed by atoms with van der Waals surface area (Å²) < 4.78 is 0. The molecule has 0 saturated carbocycles. The molecule has 0 bridgehead atoms. The second-order valence-electron chi connectivity index (χ2n) is 4.99. The third-order valence-electron chi connectivity index (χ3n) is 3.21. The van der Waals surface area contributed by atoms with E-state index in [1.54, 1.807) is 0 Å². The summed E-state index contributed by atoms with van der Waals surface area (Å²) in [7, 11) is 0. The van der Waals surface area contributed by atoms with E-state index in [4.69, 9.17) is 10.5 Å². The molecule has 5 nitrogen and oxygen atoms in total. The highest BCUT2D eigenvalue weighted by molar-refractivity contribution is 5.83. The number of piperidine rings is 1. The van der Waals surface area contributed by atoms with Crippen LogP contribution >= 0.6 is 0 Å². The molecule has 1 aliphatic rings. The molecule has 1 heterocycles. The van der Waals surface area contributed by atoms with Gasteiger partial charge in [0.25, 0.3) is 0 Å². The molecule has 0 aliphatic carbocycles. The van der Waals surface area contributed by atoms with Crippen molar-refractivity contribution in [2.45, 2.75) is 32.7 Å². The Morgan fingerprint density at radius 1 is 1.41 bits per heavy atom. The maximum absolute atomic E-state index is 12.3. The molecule has 5 heteroatoms. The first-order valence-electron chi connectivity index (χ1n) is 5.79. The van der Waals surface area contributed by atoms with Gasteiger partial charge in [0.1, 0.15) is 13.1 Å². The Balaban J connectivity index is 2.79. The van der Waals surface area contributed by atoms with E-state index in [1.165, 1.54) is 4.90 Å². The fourth-order valence-corrected chi connectivity index (χ4v) is 2.20. The quantitative estimate of drug-likeness (QED) is 0.727. The maximum Gasteiger partial charge on any atom is 0.241 e. The van der Waals surface area contributed by atoms with Crippen molar-refractivity contribution in [1.82, 2.24) is 10.2 Å². The first-order chi connectivity index (χ1) is 8.03. The van der Waals surface area contributed by atoms with Gasteiger partial charge in [-0.1, -0.05) is 13.8 Å². The summed E-state index contributed by atoms with van der Waals surface area (Å²) in [6.07, 6.45) is 2.02. The molecular formula is C12H18N4O. The van der Waals surface area contributed by atoms with Crippen LogP contribution in [0.25, 0.3) is 0 Å². The Kier molecular flexibility index (Phi) is 4.48. The maximum atomic E-state index is 12.3. The van der Waals surface area contributed by atoms with Crippen molar-refractivity contribution in [3.05, 3.63) is 0 Å². The first kappa shape index (κ1) is 13.5. The molecule has 0 aromatic heterocycles. The van der Waals surface area contributed by atoms with Crippen LogP contribution in [-0.4, -0.2) is 36.5 Å². The van der Waals surface area contributed by atoms with Crippen molar-refractivity contribution in [1.29, 1.82) is 10.5 Å². The number of hydrogen-bond acceptors (Lipinski definition) is 4. The van der Waals surface area contributed by atoms with E-state index in [2.05, 4.69) is 5.32 Å². The van der Waals surface area contributed by atoms with Crippen LogP contribution in [-0.2, 0) is 4.79 Å². The Bertz CT molecular complexity index is 348. The summed E-state index contributed by atoms with van der Waals surface area (Å²) in [5.41, 5.74) is -0.126. The van der Waals surface area contributed by atoms with Crippen molar-refractivity contribution in [3.8, 4) is 12.1 Å². The van der Waals surface area contributed by atoms with Crippen LogP contribution in [0.4, 0.5) is 0 Å². The summed E-state index contributed by atoms with van der Waals surface area (Å²) in [6.45, 7) is 4.84. The van der Waals surface area contributed by atoms with Gasteiger partial charge in [0.05, 0.1) is 18.2 Å². The largest absolute Gasteiger partial charge is 0.315 e. The molecule has 17 heavy (non-hydrogen) atoms. The molecule has 1 unspecified atom stereocenters. The number of amides is 1. The SMILES string of the molecule is CC1(C)CCCNC1C(=O)N(CC#N)CC#N. The Morgan fingerprint density at radius 3 is 2.47 bits per heavy atom. The molecule has 92 valence electrons. The molecule has 1 atom stereocenters. The minimum atomic E-state index is -0.294. The topological polar surface area (TPSA) is 79.9 Å². The number of nitrogens with one attached hydrogen (secondary N) is 1. The van der Waals surface area contributed by atoms with Crippen molar-refractivity contribution >= 4 is 5.91 Å². The Hall–Kier alpha value is -1.59. The Labute approximate surface area is 102 Å². The molecule has 0 aromatic carbocycles. The van der Waals surface area contributed by atoms with E-state index < -0.39 is 0 Å². The summed E-state index contributed by atoms with van der Waals surface area (Å²) in [5.74, 6) is -0.141. The number of nitrogens with zero attached hydrogens (tertiary/aromatic N) is 3. The van der Waals surface area contributed by atoms with Gasteiger partial charge in [-0.05, 0) is 24.8 Å². The molecule has 1 aliphatic heterocycles. The molecule has 1 saturated heterocycles. The lowest BCUT2D eigenvalue weighted by atomic mass is 9.77. The lowest BCUT2D eigenvalue weighted by molar-refractivity contribution is -0.136. The molecule has 0 radical (unpaired) electrons. The van der Waals surface area contributed by atoms with Crippen LogP contribution in [0.15, 0.2) is 0 Å². The number of carbonyl (C=O) groups is 1. The third-order valence-corrected chi connectivity index (χ3v) is 3.21. The molecule has 1 rings (SSSR count). The van der Waals surface area contributed by atoms with E-state index in [0.717, 1.165) is 19.4 Å². The molecule has 0 spiro atoms. The van der Waals surface area contributed by atoms with Crippen LogP contribution in [0, 0.1) is 28.1 Å². The van der Waals surface area contributed by atoms with E-state index in [0.29, 0.717) is 0 Å².